The molecule has 1 heterocycles. The molecule has 1 aromatic heterocycles. The van der Waals surface area contributed by atoms with E-state index >= 15 is 0 Å². The minimum absolute atomic E-state index is 0.0262. The van der Waals surface area contributed by atoms with Crippen LogP contribution in [-0.2, 0) is 11.8 Å². The quantitative estimate of drug-likeness (QED) is 0.629. The van der Waals surface area contributed by atoms with Crippen LogP contribution in [0.15, 0.2) is 35.2 Å². The van der Waals surface area contributed by atoms with Gasteiger partial charge in [0.25, 0.3) is 0 Å². The number of carbonyl (C=O) groups is 1. The summed E-state index contributed by atoms with van der Waals surface area (Å²) in [6.45, 7) is 1.90. The molecule has 1 aromatic carbocycles. The third kappa shape index (κ3) is 4.80. The summed E-state index contributed by atoms with van der Waals surface area (Å²) in [6.07, 6.45) is 1.34. The van der Waals surface area contributed by atoms with E-state index < -0.39 is 0 Å². The van der Waals surface area contributed by atoms with Gasteiger partial charge in [-0.1, -0.05) is 0 Å². The maximum atomic E-state index is 11.9. The van der Waals surface area contributed by atoms with E-state index in [2.05, 4.69) is 10.4 Å². The molecule has 22 heavy (non-hydrogen) atoms. The molecular weight excluding hydrogens is 298 g/mol. The Kier molecular flexibility index (Phi) is 5.89. The number of benzene rings is 1. The first-order chi connectivity index (χ1) is 10.6. The Morgan fingerprint density at radius 2 is 2.09 bits per heavy atom. The number of methoxy groups -OCH3 is 1. The van der Waals surface area contributed by atoms with E-state index in [0.29, 0.717) is 6.42 Å². The van der Waals surface area contributed by atoms with Crippen LogP contribution in [0.3, 0.4) is 0 Å². The molecule has 1 N–H and O–H groups in total. The van der Waals surface area contributed by atoms with Crippen molar-refractivity contribution in [1.82, 2.24) is 9.78 Å². The molecule has 6 heteroatoms. The first-order valence-electron chi connectivity index (χ1n) is 7.16. The van der Waals surface area contributed by atoms with Gasteiger partial charge in [0.05, 0.1) is 12.8 Å². The number of thioether (sulfide) groups is 1. The molecule has 0 aliphatic carbocycles. The molecule has 0 atom stereocenters. The Morgan fingerprint density at radius 1 is 1.36 bits per heavy atom. The number of carbonyl (C=O) groups excluding carboxylic acids is 1. The monoisotopic (exact) mass is 319 g/mol. The zero-order chi connectivity index (χ0) is 15.9. The fourth-order valence-corrected chi connectivity index (χ4v) is 2.88. The van der Waals surface area contributed by atoms with Gasteiger partial charge < -0.3 is 10.1 Å². The number of nitrogens with zero attached hydrogens (tertiary/aromatic N) is 2. The van der Waals surface area contributed by atoms with E-state index in [1.807, 2.05) is 44.3 Å². The van der Waals surface area contributed by atoms with E-state index in [1.165, 1.54) is 4.90 Å². The molecule has 0 saturated heterocycles. The number of amides is 1. The zero-order valence-electron chi connectivity index (χ0n) is 13.1. The van der Waals surface area contributed by atoms with E-state index in [9.17, 15) is 4.79 Å². The molecule has 0 fully saturated rings. The van der Waals surface area contributed by atoms with Gasteiger partial charge in [0.2, 0.25) is 5.91 Å². The zero-order valence-corrected chi connectivity index (χ0v) is 13.9. The van der Waals surface area contributed by atoms with Crippen molar-refractivity contribution in [2.45, 2.75) is 24.7 Å². The number of aromatic nitrogens is 2. The van der Waals surface area contributed by atoms with Gasteiger partial charge in [0.15, 0.2) is 0 Å². The number of rotatable bonds is 7. The van der Waals surface area contributed by atoms with Gasteiger partial charge in [-0.15, -0.1) is 11.8 Å². The summed E-state index contributed by atoms with van der Waals surface area (Å²) in [5, 5.41) is 7.08. The van der Waals surface area contributed by atoms with Gasteiger partial charge in [-0.25, -0.2) is 0 Å². The summed E-state index contributed by atoms with van der Waals surface area (Å²) < 4.78 is 6.80. The Morgan fingerprint density at radius 3 is 2.68 bits per heavy atom. The fourth-order valence-electron chi connectivity index (χ4n) is 2.03. The van der Waals surface area contributed by atoms with Crippen LogP contribution < -0.4 is 10.1 Å². The van der Waals surface area contributed by atoms with Gasteiger partial charge in [-0.3, -0.25) is 9.48 Å². The molecule has 0 aliphatic rings. The molecule has 0 radical (unpaired) electrons. The highest BCUT2D eigenvalue weighted by Gasteiger charge is 2.07. The van der Waals surface area contributed by atoms with Crippen LogP contribution in [-0.4, -0.2) is 28.6 Å². The van der Waals surface area contributed by atoms with Crippen LogP contribution in [0.4, 0.5) is 5.82 Å². The van der Waals surface area contributed by atoms with Gasteiger partial charge >= 0.3 is 0 Å². The average molecular weight is 319 g/mol. The Labute approximate surface area is 135 Å². The average Bonchev–Trinajstić information content (AvgIpc) is 2.82. The lowest BCUT2D eigenvalue weighted by molar-refractivity contribution is -0.116. The summed E-state index contributed by atoms with van der Waals surface area (Å²) in [4.78, 5) is 13.1. The van der Waals surface area contributed by atoms with Crippen LogP contribution in [0.5, 0.6) is 5.75 Å². The smallest absolute Gasteiger partial charge is 0.225 e. The molecule has 0 spiro atoms. The van der Waals surface area contributed by atoms with Crippen LogP contribution in [0, 0.1) is 6.92 Å². The maximum Gasteiger partial charge on any atom is 0.225 e. The summed E-state index contributed by atoms with van der Waals surface area (Å²) >= 11 is 1.74. The van der Waals surface area contributed by atoms with Crippen LogP contribution in [0.1, 0.15) is 18.5 Å². The molecule has 0 aliphatic heterocycles. The van der Waals surface area contributed by atoms with Gasteiger partial charge in [-0.2, -0.15) is 5.10 Å². The lowest BCUT2D eigenvalue weighted by atomic mass is 10.3. The summed E-state index contributed by atoms with van der Waals surface area (Å²) in [6, 6.07) is 9.81. The molecule has 1 amide bonds. The topological polar surface area (TPSA) is 56.1 Å². The molecule has 0 unspecified atom stereocenters. The minimum atomic E-state index is 0.0262. The SMILES string of the molecule is COc1ccc(SCCCC(=O)Nc2cc(C)nn2C)cc1. The number of aryl methyl sites for hydroxylation is 2. The second-order valence-corrected chi connectivity index (χ2v) is 6.14. The number of hydrogen-bond donors (Lipinski definition) is 1. The second-order valence-electron chi connectivity index (χ2n) is 4.97. The highest BCUT2D eigenvalue weighted by atomic mass is 32.2. The Hall–Kier alpha value is -1.95. The maximum absolute atomic E-state index is 11.9. The fraction of sp³-hybridized carbons (Fsp3) is 0.375. The van der Waals surface area contributed by atoms with Crippen LogP contribution in [0.25, 0.3) is 0 Å². The Balaban J connectivity index is 1.69. The van der Waals surface area contributed by atoms with Crippen molar-refractivity contribution in [1.29, 1.82) is 0 Å². The van der Waals surface area contributed by atoms with Crippen molar-refractivity contribution in [3.05, 3.63) is 36.0 Å². The van der Waals surface area contributed by atoms with Gasteiger partial charge in [-0.05, 0) is 43.4 Å². The molecule has 2 rings (SSSR count). The normalized spacial score (nSPS) is 10.5. The largest absolute Gasteiger partial charge is 0.497 e. The standard InChI is InChI=1S/C16H21N3O2S/c1-12-11-15(19(2)18-12)17-16(20)5-4-10-22-14-8-6-13(21-3)7-9-14/h6-9,11H,4-5,10H2,1-3H3,(H,17,20). The first-order valence-corrected chi connectivity index (χ1v) is 8.14. The predicted molar refractivity (Wildman–Crippen MR) is 89.5 cm³/mol. The van der Waals surface area contributed by atoms with Crippen molar-refractivity contribution >= 4 is 23.5 Å². The highest BCUT2D eigenvalue weighted by Crippen LogP contribution is 2.22. The first kappa shape index (κ1) is 16.4. The second kappa shape index (κ2) is 7.89. The molecule has 118 valence electrons. The number of anilines is 1. The van der Waals surface area contributed by atoms with Crippen LogP contribution >= 0.6 is 11.8 Å². The highest BCUT2D eigenvalue weighted by molar-refractivity contribution is 7.99. The lowest BCUT2D eigenvalue weighted by Crippen LogP contribution is -2.14. The lowest BCUT2D eigenvalue weighted by Gasteiger charge is -2.05. The summed E-state index contributed by atoms with van der Waals surface area (Å²) in [7, 11) is 3.48. The third-order valence-corrected chi connectivity index (χ3v) is 4.24. The van der Waals surface area contributed by atoms with Gasteiger partial charge in [0, 0.05) is 24.4 Å². The Bertz CT molecular complexity index is 623. The molecule has 0 saturated carbocycles. The molecule has 0 bridgehead atoms. The third-order valence-electron chi connectivity index (χ3n) is 3.15. The summed E-state index contributed by atoms with van der Waals surface area (Å²) in [5.41, 5.74) is 0.896. The number of ether oxygens (including phenoxy) is 1. The minimum Gasteiger partial charge on any atom is -0.497 e. The molecular formula is C16H21N3O2S. The number of hydrogen-bond acceptors (Lipinski definition) is 4. The molecule has 5 nitrogen and oxygen atoms in total. The molecule has 2 aromatic rings. The van der Waals surface area contributed by atoms with Crippen molar-refractivity contribution in [2.24, 2.45) is 7.05 Å². The predicted octanol–water partition coefficient (Wildman–Crippen LogP) is 3.25. The van der Waals surface area contributed by atoms with E-state index in [-0.39, 0.29) is 5.91 Å². The van der Waals surface area contributed by atoms with Crippen LogP contribution in [0.2, 0.25) is 0 Å². The van der Waals surface area contributed by atoms with E-state index in [0.717, 1.165) is 29.4 Å². The number of nitrogens with one attached hydrogen (secondary N) is 1. The van der Waals surface area contributed by atoms with Crippen molar-refractivity contribution in [3.63, 3.8) is 0 Å². The van der Waals surface area contributed by atoms with Crippen molar-refractivity contribution in [2.75, 3.05) is 18.2 Å². The summed E-state index contributed by atoms with van der Waals surface area (Å²) in [5.74, 6) is 2.53. The van der Waals surface area contributed by atoms with E-state index in [1.54, 1.807) is 23.6 Å². The van der Waals surface area contributed by atoms with E-state index in [4.69, 9.17) is 4.74 Å². The van der Waals surface area contributed by atoms with Gasteiger partial charge in [0.1, 0.15) is 11.6 Å². The van der Waals surface area contributed by atoms with Crippen molar-refractivity contribution in [3.8, 4) is 5.75 Å². The van der Waals surface area contributed by atoms with Crippen molar-refractivity contribution < 1.29 is 9.53 Å².